The van der Waals surface area contributed by atoms with Crippen LogP contribution >= 0.6 is 11.6 Å². The van der Waals surface area contributed by atoms with Crippen molar-refractivity contribution in [3.05, 3.63) is 75.9 Å². The van der Waals surface area contributed by atoms with Crippen molar-refractivity contribution in [2.75, 3.05) is 5.32 Å². The van der Waals surface area contributed by atoms with Crippen molar-refractivity contribution in [1.82, 2.24) is 10.2 Å². The molecular formula is C16H12ClN3O. The van der Waals surface area contributed by atoms with Crippen LogP contribution in [0.4, 0.5) is 11.5 Å². The number of anilines is 2. The highest BCUT2D eigenvalue weighted by Gasteiger charge is 2.05. The summed E-state index contributed by atoms with van der Waals surface area (Å²) < 4.78 is 0. The van der Waals surface area contributed by atoms with Gasteiger partial charge in [0.15, 0.2) is 0 Å². The van der Waals surface area contributed by atoms with E-state index in [1.807, 2.05) is 42.5 Å². The van der Waals surface area contributed by atoms with E-state index in [2.05, 4.69) is 15.5 Å². The van der Waals surface area contributed by atoms with Crippen LogP contribution in [0, 0.1) is 0 Å². The molecule has 0 spiro atoms. The van der Waals surface area contributed by atoms with Crippen molar-refractivity contribution < 1.29 is 0 Å². The highest BCUT2D eigenvalue weighted by molar-refractivity contribution is 6.30. The lowest BCUT2D eigenvalue weighted by molar-refractivity contribution is 1.03. The quantitative estimate of drug-likeness (QED) is 0.772. The number of nitrogens with one attached hydrogen (secondary N) is 2. The Balaban J connectivity index is 1.88. The molecule has 0 amide bonds. The largest absolute Gasteiger partial charge is 0.341 e. The molecule has 0 bridgehead atoms. The standard InChI is InChI=1S/C16H12ClN3O/c17-12-6-8-13(9-7-12)18-15-10-14(21)16(20-19-15)11-4-2-1-3-5-11/h1-10H,(H2,18,19,21). The Morgan fingerprint density at radius 2 is 1.71 bits per heavy atom. The Hall–Kier alpha value is -2.59. The number of aromatic amines is 1. The molecule has 0 atom stereocenters. The fourth-order valence-corrected chi connectivity index (χ4v) is 2.08. The van der Waals surface area contributed by atoms with Gasteiger partial charge >= 0.3 is 0 Å². The van der Waals surface area contributed by atoms with Gasteiger partial charge in [-0.1, -0.05) is 41.9 Å². The number of rotatable bonds is 3. The van der Waals surface area contributed by atoms with Gasteiger partial charge in [-0.05, 0) is 24.3 Å². The lowest BCUT2D eigenvalue weighted by Crippen LogP contribution is -2.10. The van der Waals surface area contributed by atoms with Gasteiger partial charge in [-0.2, -0.15) is 5.10 Å². The summed E-state index contributed by atoms with van der Waals surface area (Å²) in [4.78, 5) is 12.1. The van der Waals surface area contributed by atoms with Gasteiger partial charge in [0.05, 0.1) is 0 Å². The fourth-order valence-electron chi connectivity index (χ4n) is 1.96. The monoisotopic (exact) mass is 297 g/mol. The molecule has 21 heavy (non-hydrogen) atoms. The molecule has 3 aromatic rings. The molecule has 2 N–H and O–H groups in total. The Bertz CT molecular complexity index is 798. The van der Waals surface area contributed by atoms with Gasteiger partial charge in [0.25, 0.3) is 0 Å². The average molecular weight is 298 g/mol. The van der Waals surface area contributed by atoms with E-state index in [1.165, 1.54) is 6.07 Å². The maximum Gasteiger partial charge on any atom is 0.210 e. The molecule has 0 aliphatic rings. The lowest BCUT2D eigenvalue weighted by atomic mass is 10.1. The molecule has 0 aliphatic heterocycles. The summed E-state index contributed by atoms with van der Waals surface area (Å²) >= 11 is 5.83. The van der Waals surface area contributed by atoms with E-state index in [4.69, 9.17) is 11.6 Å². The molecule has 3 rings (SSSR count). The van der Waals surface area contributed by atoms with Crippen LogP contribution < -0.4 is 10.7 Å². The molecule has 0 aliphatic carbocycles. The normalized spacial score (nSPS) is 10.3. The highest BCUT2D eigenvalue weighted by atomic mass is 35.5. The first-order valence-electron chi connectivity index (χ1n) is 6.40. The second-order valence-corrected chi connectivity index (χ2v) is 4.93. The number of halogens is 1. The van der Waals surface area contributed by atoms with Gasteiger partial charge in [0.2, 0.25) is 5.43 Å². The Kier molecular flexibility index (Phi) is 3.71. The molecule has 1 aromatic heterocycles. The maximum absolute atomic E-state index is 12.1. The summed E-state index contributed by atoms with van der Waals surface area (Å²) in [5.41, 5.74) is 1.87. The van der Waals surface area contributed by atoms with Crippen molar-refractivity contribution in [3.63, 3.8) is 0 Å². The van der Waals surface area contributed by atoms with E-state index >= 15 is 0 Å². The Morgan fingerprint density at radius 3 is 2.38 bits per heavy atom. The Labute approximate surface area is 126 Å². The van der Waals surface area contributed by atoms with E-state index in [0.29, 0.717) is 16.5 Å². The number of benzene rings is 2. The van der Waals surface area contributed by atoms with Crippen LogP contribution in [0.25, 0.3) is 11.3 Å². The minimum atomic E-state index is -0.142. The van der Waals surface area contributed by atoms with E-state index in [1.54, 1.807) is 12.1 Å². The first kappa shape index (κ1) is 13.4. The molecular weight excluding hydrogens is 286 g/mol. The van der Waals surface area contributed by atoms with E-state index < -0.39 is 0 Å². The molecule has 2 aromatic carbocycles. The molecule has 0 unspecified atom stereocenters. The third-order valence-corrected chi connectivity index (χ3v) is 3.22. The summed E-state index contributed by atoms with van der Waals surface area (Å²) in [7, 11) is 0. The first-order valence-corrected chi connectivity index (χ1v) is 6.78. The number of aromatic nitrogens is 2. The molecule has 104 valence electrons. The molecule has 0 saturated carbocycles. The predicted molar refractivity (Wildman–Crippen MR) is 85.0 cm³/mol. The zero-order chi connectivity index (χ0) is 14.7. The smallest absolute Gasteiger partial charge is 0.210 e. The zero-order valence-electron chi connectivity index (χ0n) is 11.0. The average Bonchev–Trinajstić information content (AvgIpc) is 2.51. The number of nitrogens with zero attached hydrogens (tertiary/aromatic N) is 1. The summed E-state index contributed by atoms with van der Waals surface area (Å²) in [6.45, 7) is 0. The Morgan fingerprint density at radius 1 is 1.00 bits per heavy atom. The van der Waals surface area contributed by atoms with Gasteiger partial charge in [0.1, 0.15) is 11.5 Å². The van der Waals surface area contributed by atoms with Crippen molar-refractivity contribution in [3.8, 4) is 11.3 Å². The molecule has 0 saturated heterocycles. The van der Waals surface area contributed by atoms with Gasteiger partial charge in [-0.15, -0.1) is 0 Å². The minimum Gasteiger partial charge on any atom is -0.341 e. The lowest BCUT2D eigenvalue weighted by Gasteiger charge is -2.06. The fraction of sp³-hybridized carbons (Fsp3) is 0. The summed E-state index contributed by atoms with van der Waals surface area (Å²) in [6.07, 6.45) is 0. The number of hydrogen-bond donors (Lipinski definition) is 2. The molecule has 0 radical (unpaired) electrons. The van der Waals surface area contributed by atoms with E-state index in [-0.39, 0.29) is 5.43 Å². The van der Waals surface area contributed by atoms with Gasteiger partial charge in [-0.3, -0.25) is 9.89 Å². The molecule has 4 nitrogen and oxygen atoms in total. The third-order valence-electron chi connectivity index (χ3n) is 2.97. The summed E-state index contributed by atoms with van der Waals surface area (Å²) in [5, 5.41) is 10.7. The summed E-state index contributed by atoms with van der Waals surface area (Å²) in [6, 6.07) is 18.0. The van der Waals surface area contributed by atoms with Crippen molar-refractivity contribution in [2.24, 2.45) is 0 Å². The van der Waals surface area contributed by atoms with Crippen LogP contribution in [0.15, 0.2) is 65.5 Å². The highest BCUT2D eigenvalue weighted by Crippen LogP contribution is 2.17. The summed E-state index contributed by atoms with van der Waals surface area (Å²) in [5.74, 6) is 0.530. The van der Waals surface area contributed by atoms with Crippen molar-refractivity contribution in [1.29, 1.82) is 0 Å². The second-order valence-electron chi connectivity index (χ2n) is 4.49. The van der Waals surface area contributed by atoms with E-state index in [9.17, 15) is 4.79 Å². The van der Waals surface area contributed by atoms with Crippen LogP contribution in [0.2, 0.25) is 5.02 Å². The van der Waals surface area contributed by atoms with Crippen molar-refractivity contribution in [2.45, 2.75) is 0 Å². The predicted octanol–water partition coefficient (Wildman–Crippen LogP) is 3.83. The van der Waals surface area contributed by atoms with Gasteiger partial charge in [0, 0.05) is 22.3 Å². The zero-order valence-corrected chi connectivity index (χ0v) is 11.8. The van der Waals surface area contributed by atoms with Gasteiger partial charge in [-0.25, -0.2) is 0 Å². The van der Waals surface area contributed by atoms with Crippen LogP contribution in [0.3, 0.4) is 0 Å². The van der Waals surface area contributed by atoms with Crippen LogP contribution in [0.1, 0.15) is 0 Å². The molecule has 0 fully saturated rings. The van der Waals surface area contributed by atoms with Crippen LogP contribution in [-0.4, -0.2) is 10.2 Å². The number of hydrogen-bond acceptors (Lipinski definition) is 3. The van der Waals surface area contributed by atoms with E-state index in [0.717, 1.165) is 11.3 Å². The topological polar surface area (TPSA) is 57.8 Å². The SMILES string of the molecule is O=c1cc(Nc2ccc(Cl)cc2)[nH]nc1-c1ccccc1. The minimum absolute atomic E-state index is 0.142. The van der Waals surface area contributed by atoms with Crippen molar-refractivity contribution >= 4 is 23.1 Å². The molecule has 1 heterocycles. The van der Waals surface area contributed by atoms with Crippen LogP contribution in [-0.2, 0) is 0 Å². The third kappa shape index (κ3) is 3.12. The maximum atomic E-state index is 12.1. The van der Waals surface area contributed by atoms with Gasteiger partial charge < -0.3 is 5.32 Å². The second kappa shape index (κ2) is 5.81. The number of H-pyrrole nitrogens is 1. The first-order chi connectivity index (χ1) is 10.2. The molecule has 5 heteroatoms. The van der Waals surface area contributed by atoms with Crippen LogP contribution in [0.5, 0.6) is 0 Å².